The van der Waals surface area contributed by atoms with Crippen molar-refractivity contribution in [3.8, 4) is 0 Å². The van der Waals surface area contributed by atoms with Crippen LogP contribution in [0.2, 0.25) is 5.02 Å². The van der Waals surface area contributed by atoms with Gasteiger partial charge in [-0.25, -0.2) is 4.98 Å². The molecular weight excluding hydrogens is 318 g/mol. The van der Waals surface area contributed by atoms with Crippen molar-refractivity contribution in [3.05, 3.63) is 50.9 Å². The van der Waals surface area contributed by atoms with Crippen molar-refractivity contribution < 1.29 is 4.79 Å². The third-order valence-electron chi connectivity index (χ3n) is 3.70. The van der Waals surface area contributed by atoms with Crippen LogP contribution in [-0.2, 0) is 6.42 Å². The molecule has 0 spiro atoms. The second-order valence-corrected chi connectivity index (χ2v) is 6.68. The molecule has 4 nitrogen and oxygen atoms in total. The number of rotatable bonds is 5. The molecule has 1 amide bonds. The van der Waals surface area contributed by atoms with E-state index >= 15 is 0 Å². The fourth-order valence-corrected chi connectivity index (χ4v) is 3.67. The summed E-state index contributed by atoms with van der Waals surface area (Å²) in [5.74, 6) is -0.109. The van der Waals surface area contributed by atoms with Gasteiger partial charge in [0.05, 0.1) is 6.04 Å². The normalized spacial score (nSPS) is 17.6. The first-order valence-corrected chi connectivity index (χ1v) is 8.69. The van der Waals surface area contributed by atoms with E-state index in [-0.39, 0.29) is 5.91 Å². The largest absolute Gasteiger partial charge is 0.350 e. The molecule has 1 unspecified atom stereocenters. The van der Waals surface area contributed by atoms with E-state index in [4.69, 9.17) is 11.6 Å². The molecule has 1 atom stereocenters. The molecule has 6 heteroatoms. The van der Waals surface area contributed by atoms with Crippen LogP contribution in [0.4, 0.5) is 0 Å². The Morgan fingerprint density at radius 2 is 2.41 bits per heavy atom. The van der Waals surface area contributed by atoms with Gasteiger partial charge in [0, 0.05) is 16.9 Å². The van der Waals surface area contributed by atoms with Crippen LogP contribution in [0, 0.1) is 0 Å². The first kappa shape index (κ1) is 15.5. The van der Waals surface area contributed by atoms with Crippen molar-refractivity contribution in [2.75, 3.05) is 13.1 Å². The third-order valence-corrected chi connectivity index (χ3v) is 4.89. The van der Waals surface area contributed by atoms with Crippen LogP contribution in [0.15, 0.2) is 29.6 Å². The summed E-state index contributed by atoms with van der Waals surface area (Å²) in [5, 5.41) is 9.88. The van der Waals surface area contributed by atoms with E-state index in [1.807, 2.05) is 29.6 Å². The topological polar surface area (TPSA) is 54.0 Å². The van der Waals surface area contributed by atoms with Gasteiger partial charge >= 0.3 is 0 Å². The minimum Gasteiger partial charge on any atom is -0.350 e. The highest BCUT2D eigenvalue weighted by Gasteiger charge is 2.20. The van der Waals surface area contributed by atoms with E-state index in [9.17, 15) is 4.79 Å². The van der Waals surface area contributed by atoms with Gasteiger partial charge in [-0.15, -0.1) is 11.3 Å². The van der Waals surface area contributed by atoms with E-state index in [1.165, 1.54) is 6.42 Å². The van der Waals surface area contributed by atoms with Gasteiger partial charge in [-0.05, 0) is 43.5 Å². The SMILES string of the molecule is O=C(NCCc1cccc(Cl)c1)c1csc(C2CCCN2)n1. The van der Waals surface area contributed by atoms with Crippen LogP contribution < -0.4 is 10.6 Å². The second-order valence-electron chi connectivity index (χ2n) is 5.36. The average molecular weight is 336 g/mol. The van der Waals surface area contributed by atoms with Crippen LogP contribution in [0.1, 0.15) is 39.9 Å². The average Bonchev–Trinajstić information content (AvgIpc) is 3.18. The minimum atomic E-state index is -0.109. The van der Waals surface area contributed by atoms with Gasteiger partial charge in [0.1, 0.15) is 10.7 Å². The highest BCUT2D eigenvalue weighted by atomic mass is 35.5. The van der Waals surface area contributed by atoms with Crippen LogP contribution in [0.25, 0.3) is 0 Å². The Morgan fingerprint density at radius 3 is 3.18 bits per heavy atom. The monoisotopic (exact) mass is 335 g/mol. The second kappa shape index (κ2) is 7.22. The third kappa shape index (κ3) is 3.85. The molecule has 1 aliphatic heterocycles. The number of nitrogens with one attached hydrogen (secondary N) is 2. The maximum atomic E-state index is 12.1. The summed E-state index contributed by atoms with van der Waals surface area (Å²) in [7, 11) is 0. The summed E-state index contributed by atoms with van der Waals surface area (Å²) >= 11 is 7.50. The molecule has 0 bridgehead atoms. The van der Waals surface area contributed by atoms with Gasteiger partial charge in [0.25, 0.3) is 5.91 Å². The Bertz CT molecular complexity index is 652. The molecule has 1 aromatic carbocycles. The Kier molecular flexibility index (Phi) is 5.08. The molecule has 2 heterocycles. The zero-order valence-corrected chi connectivity index (χ0v) is 13.7. The highest BCUT2D eigenvalue weighted by molar-refractivity contribution is 7.09. The number of hydrogen-bond acceptors (Lipinski definition) is 4. The molecule has 2 aromatic rings. The predicted octanol–water partition coefficient (Wildman–Crippen LogP) is 3.19. The van der Waals surface area contributed by atoms with Crippen molar-refractivity contribution in [2.45, 2.75) is 25.3 Å². The first-order valence-electron chi connectivity index (χ1n) is 7.44. The maximum Gasteiger partial charge on any atom is 0.270 e. The lowest BCUT2D eigenvalue weighted by atomic mass is 10.1. The van der Waals surface area contributed by atoms with Crippen molar-refractivity contribution >= 4 is 28.8 Å². The molecule has 0 saturated carbocycles. The molecule has 2 N–H and O–H groups in total. The molecule has 22 heavy (non-hydrogen) atoms. The van der Waals surface area contributed by atoms with E-state index in [1.54, 1.807) is 11.3 Å². The number of thiazole rings is 1. The lowest BCUT2D eigenvalue weighted by Crippen LogP contribution is -2.26. The summed E-state index contributed by atoms with van der Waals surface area (Å²) < 4.78 is 0. The van der Waals surface area contributed by atoms with Gasteiger partial charge in [-0.3, -0.25) is 4.79 Å². The quantitative estimate of drug-likeness (QED) is 0.882. The predicted molar refractivity (Wildman–Crippen MR) is 89.6 cm³/mol. The number of nitrogens with zero attached hydrogens (tertiary/aromatic N) is 1. The van der Waals surface area contributed by atoms with Gasteiger partial charge in [0.2, 0.25) is 0 Å². The van der Waals surface area contributed by atoms with Crippen LogP contribution in [0.3, 0.4) is 0 Å². The Hall–Kier alpha value is -1.43. The summed E-state index contributed by atoms with van der Waals surface area (Å²) in [6.45, 7) is 1.61. The van der Waals surface area contributed by atoms with Gasteiger partial charge in [-0.1, -0.05) is 23.7 Å². The summed E-state index contributed by atoms with van der Waals surface area (Å²) in [5.41, 5.74) is 1.63. The minimum absolute atomic E-state index is 0.109. The van der Waals surface area contributed by atoms with Crippen molar-refractivity contribution in [1.82, 2.24) is 15.6 Å². The Morgan fingerprint density at radius 1 is 1.50 bits per heavy atom. The highest BCUT2D eigenvalue weighted by Crippen LogP contribution is 2.25. The van der Waals surface area contributed by atoms with Crippen LogP contribution in [-0.4, -0.2) is 24.0 Å². The van der Waals surface area contributed by atoms with E-state index in [0.29, 0.717) is 18.3 Å². The molecule has 3 rings (SSSR count). The Labute approximate surface area is 138 Å². The lowest BCUT2D eigenvalue weighted by molar-refractivity contribution is 0.0949. The molecular formula is C16H18ClN3OS. The number of carbonyl (C=O) groups excluding carboxylic acids is 1. The summed E-state index contributed by atoms with van der Waals surface area (Å²) in [6, 6.07) is 8.00. The van der Waals surface area contributed by atoms with E-state index < -0.39 is 0 Å². The summed E-state index contributed by atoms with van der Waals surface area (Å²) in [6.07, 6.45) is 3.03. The van der Waals surface area contributed by atoms with Crippen molar-refractivity contribution in [3.63, 3.8) is 0 Å². The van der Waals surface area contributed by atoms with Crippen molar-refractivity contribution in [2.24, 2.45) is 0 Å². The fraction of sp³-hybridized carbons (Fsp3) is 0.375. The number of benzene rings is 1. The molecule has 0 aliphatic carbocycles. The molecule has 1 aliphatic rings. The lowest BCUT2D eigenvalue weighted by Gasteiger charge is -2.05. The molecule has 1 fully saturated rings. The summed E-state index contributed by atoms with van der Waals surface area (Å²) in [4.78, 5) is 16.6. The molecule has 0 radical (unpaired) electrons. The standard InChI is InChI=1S/C16H18ClN3OS/c17-12-4-1-3-11(9-12)6-8-19-15(21)14-10-22-16(20-14)13-5-2-7-18-13/h1,3-4,9-10,13,18H,2,5-8H2,(H,19,21). The van der Waals surface area contributed by atoms with E-state index in [0.717, 1.165) is 35.0 Å². The van der Waals surface area contributed by atoms with E-state index in [2.05, 4.69) is 15.6 Å². The van der Waals surface area contributed by atoms with Crippen LogP contribution in [0.5, 0.6) is 0 Å². The number of hydrogen-bond donors (Lipinski definition) is 2. The van der Waals surface area contributed by atoms with Crippen molar-refractivity contribution in [1.29, 1.82) is 0 Å². The molecule has 1 saturated heterocycles. The Balaban J connectivity index is 1.51. The zero-order valence-electron chi connectivity index (χ0n) is 12.1. The number of carbonyl (C=O) groups is 1. The van der Waals surface area contributed by atoms with Gasteiger partial charge < -0.3 is 10.6 Å². The van der Waals surface area contributed by atoms with Gasteiger partial charge in [-0.2, -0.15) is 0 Å². The number of halogens is 1. The molecule has 116 valence electrons. The first-order chi connectivity index (χ1) is 10.7. The number of amides is 1. The smallest absolute Gasteiger partial charge is 0.270 e. The zero-order chi connectivity index (χ0) is 15.4. The van der Waals surface area contributed by atoms with Crippen LogP contribution >= 0.6 is 22.9 Å². The fourth-order valence-electron chi connectivity index (χ4n) is 2.55. The maximum absolute atomic E-state index is 12.1. The number of aromatic nitrogens is 1. The molecule has 1 aromatic heterocycles. The van der Waals surface area contributed by atoms with Gasteiger partial charge in [0.15, 0.2) is 0 Å².